The molecule has 1 unspecified atom stereocenters. The highest BCUT2D eigenvalue weighted by atomic mass is 32.2. The molecule has 0 aliphatic carbocycles. The fourth-order valence-corrected chi connectivity index (χ4v) is 5.89. The maximum Gasteiger partial charge on any atom is 0.279 e. The van der Waals surface area contributed by atoms with E-state index in [-0.39, 0.29) is 21.2 Å². The van der Waals surface area contributed by atoms with Crippen molar-refractivity contribution in [1.82, 2.24) is 0 Å². The van der Waals surface area contributed by atoms with E-state index in [1.54, 1.807) is 24.3 Å². The van der Waals surface area contributed by atoms with Crippen LogP contribution in [0.3, 0.4) is 0 Å². The predicted octanol–water partition coefficient (Wildman–Crippen LogP) is 4.62. The van der Waals surface area contributed by atoms with E-state index in [0.29, 0.717) is 11.1 Å². The molecule has 0 heterocycles. The van der Waals surface area contributed by atoms with Crippen molar-refractivity contribution in [3.8, 4) is 11.5 Å². The normalized spacial score (nSPS) is 13.8. The van der Waals surface area contributed by atoms with Crippen molar-refractivity contribution in [3.05, 3.63) is 78.9 Å². The van der Waals surface area contributed by atoms with Crippen molar-refractivity contribution in [2.75, 3.05) is 0 Å². The Morgan fingerprint density at radius 1 is 0.821 bits per heavy atom. The Bertz CT molecular complexity index is 1090. The Morgan fingerprint density at radius 3 is 1.82 bits per heavy atom. The first-order valence-electron chi connectivity index (χ1n) is 8.72. The minimum atomic E-state index is -3.72. The van der Waals surface area contributed by atoms with Crippen LogP contribution in [0, 0.1) is 0 Å². The van der Waals surface area contributed by atoms with E-state index in [9.17, 15) is 18.1 Å². The van der Waals surface area contributed by atoms with Gasteiger partial charge in [0.2, 0.25) is 9.84 Å². The van der Waals surface area contributed by atoms with Gasteiger partial charge in [-0.1, -0.05) is 32.0 Å². The number of hydrogen-bond acceptors (Lipinski definition) is 5. The zero-order chi connectivity index (χ0) is 20.4. The number of sulfone groups is 1. The minimum Gasteiger partial charge on any atom is -0.508 e. The number of aromatic hydroxyl groups is 1. The second-order valence-electron chi connectivity index (χ2n) is 6.59. The van der Waals surface area contributed by atoms with E-state index in [2.05, 4.69) is 0 Å². The molecule has 0 amide bonds. The first kappa shape index (κ1) is 20.2. The molecule has 7 heteroatoms. The van der Waals surface area contributed by atoms with Crippen molar-refractivity contribution in [2.45, 2.75) is 29.3 Å². The summed E-state index contributed by atoms with van der Waals surface area (Å²) in [6.07, 6.45) is 0. The van der Waals surface area contributed by atoms with Crippen LogP contribution in [0.5, 0.6) is 11.5 Å². The fraction of sp³-hybridized carbons (Fsp3) is 0.143. The molecule has 0 aromatic heterocycles. The molecule has 3 rings (SSSR count). The number of hydrogen-bond donors (Lipinski definition) is 1. The molecule has 5 nitrogen and oxygen atoms in total. The van der Waals surface area contributed by atoms with Gasteiger partial charge in [0.25, 0.3) is 7.37 Å². The van der Waals surface area contributed by atoms with Gasteiger partial charge in [0, 0.05) is 11.0 Å². The predicted molar refractivity (Wildman–Crippen MR) is 109 cm³/mol. The van der Waals surface area contributed by atoms with Gasteiger partial charge in [0.1, 0.15) is 11.5 Å². The lowest BCUT2D eigenvalue weighted by Gasteiger charge is -2.23. The van der Waals surface area contributed by atoms with Gasteiger partial charge in [-0.3, -0.25) is 4.57 Å². The van der Waals surface area contributed by atoms with E-state index in [4.69, 9.17) is 4.52 Å². The lowest BCUT2D eigenvalue weighted by molar-refractivity contribution is 0.474. The van der Waals surface area contributed by atoms with Gasteiger partial charge in [-0.05, 0) is 60.7 Å². The third kappa shape index (κ3) is 3.98. The van der Waals surface area contributed by atoms with Crippen LogP contribution in [0.2, 0.25) is 0 Å². The molecular weight excluding hydrogens is 395 g/mol. The standard InChI is InChI=1S/C21H21O5PS/c1-16(2)27(23,19-6-4-3-5-7-19)26-18-10-14-21(15-11-18)28(24,25)20-12-8-17(22)9-13-20/h3-16,22H,1-2H3. The van der Waals surface area contributed by atoms with E-state index in [1.165, 1.54) is 48.5 Å². The molecule has 0 bridgehead atoms. The van der Waals surface area contributed by atoms with E-state index < -0.39 is 17.2 Å². The van der Waals surface area contributed by atoms with Gasteiger partial charge in [0.05, 0.1) is 9.79 Å². The second kappa shape index (κ2) is 7.82. The van der Waals surface area contributed by atoms with Gasteiger partial charge < -0.3 is 9.63 Å². The second-order valence-corrected chi connectivity index (χ2v) is 11.5. The lowest BCUT2D eigenvalue weighted by Crippen LogP contribution is -2.17. The molecule has 3 aromatic carbocycles. The average Bonchev–Trinajstić information content (AvgIpc) is 2.69. The Kier molecular flexibility index (Phi) is 5.64. The maximum atomic E-state index is 13.5. The highest BCUT2D eigenvalue weighted by Gasteiger charge is 2.31. The first-order chi connectivity index (χ1) is 13.2. The zero-order valence-corrected chi connectivity index (χ0v) is 17.2. The summed E-state index contributed by atoms with van der Waals surface area (Å²) in [6.45, 7) is 3.66. The van der Waals surface area contributed by atoms with Crippen LogP contribution in [0.4, 0.5) is 0 Å². The average molecular weight is 416 g/mol. The molecule has 0 spiro atoms. The van der Waals surface area contributed by atoms with Crippen LogP contribution in [0.25, 0.3) is 0 Å². The van der Waals surface area contributed by atoms with Crippen LogP contribution in [-0.2, 0) is 14.4 Å². The molecule has 0 aliphatic rings. The van der Waals surface area contributed by atoms with Crippen molar-refractivity contribution >= 4 is 22.5 Å². The molecule has 28 heavy (non-hydrogen) atoms. The van der Waals surface area contributed by atoms with Crippen molar-refractivity contribution < 1.29 is 22.6 Å². The van der Waals surface area contributed by atoms with Gasteiger partial charge in [-0.15, -0.1) is 0 Å². The van der Waals surface area contributed by atoms with Crippen molar-refractivity contribution in [1.29, 1.82) is 0 Å². The molecule has 0 fully saturated rings. The highest BCUT2D eigenvalue weighted by molar-refractivity contribution is 7.91. The topological polar surface area (TPSA) is 80.7 Å². The van der Waals surface area contributed by atoms with Crippen molar-refractivity contribution in [3.63, 3.8) is 0 Å². The Hall–Kier alpha value is -2.56. The van der Waals surface area contributed by atoms with E-state index >= 15 is 0 Å². The van der Waals surface area contributed by atoms with Crippen LogP contribution in [0.15, 0.2) is 88.7 Å². The molecule has 1 atom stereocenters. The molecule has 1 N–H and O–H groups in total. The SMILES string of the molecule is CC(C)P(=O)(Oc1ccc(S(=O)(=O)c2ccc(O)cc2)cc1)c1ccccc1. The van der Waals surface area contributed by atoms with Crippen LogP contribution in [0.1, 0.15) is 13.8 Å². The summed E-state index contributed by atoms with van der Waals surface area (Å²) in [7, 11) is -6.88. The van der Waals surface area contributed by atoms with E-state index in [0.717, 1.165) is 0 Å². The number of phenols is 1. The van der Waals surface area contributed by atoms with Gasteiger partial charge in [0.15, 0.2) is 0 Å². The number of benzene rings is 3. The maximum absolute atomic E-state index is 13.5. The van der Waals surface area contributed by atoms with E-state index in [1.807, 2.05) is 19.9 Å². The van der Waals surface area contributed by atoms with Gasteiger partial charge in [-0.2, -0.15) is 0 Å². The summed E-state index contributed by atoms with van der Waals surface area (Å²) in [5.74, 6) is 0.332. The zero-order valence-electron chi connectivity index (χ0n) is 15.5. The lowest BCUT2D eigenvalue weighted by atomic mass is 10.3. The number of phenolic OH excluding ortho intramolecular Hbond substituents is 1. The molecule has 146 valence electrons. The molecule has 0 aliphatic heterocycles. The summed E-state index contributed by atoms with van der Waals surface area (Å²) in [5.41, 5.74) is -0.240. The number of rotatable bonds is 6. The quantitative estimate of drug-likeness (QED) is 0.593. The summed E-state index contributed by atoms with van der Waals surface area (Å²) in [6, 6.07) is 20.2. The third-order valence-corrected chi connectivity index (χ3v) is 8.96. The Balaban J connectivity index is 1.90. The summed E-state index contributed by atoms with van der Waals surface area (Å²) in [5, 5.41) is 9.95. The minimum absolute atomic E-state index is 0.00644. The van der Waals surface area contributed by atoms with Crippen molar-refractivity contribution in [2.24, 2.45) is 0 Å². The van der Waals surface area contributed by atoms with Gasteiger partial charge >= 0.3 is 0 Å². The summed E-state index contributed by atoms with van der Waals surface area (Å²) >= 11 is 0. The summed E-state index contributed by atoms with van der Waals surface area (Å²) in [4.78, 5) is 0.167. The third-order valence-electron chi connectivity index (χ3n) is 4.32. The first-order valence-corrected chi connectivity index (χ1v) is 11.9. The molecular formula is C21H21O5PS. The van der Waals surface area contributed by atoms with Crippen LogP contribution in [-0.4, -0.2) is 19.2 Å². The molecule has 0 saturated carbocycles. The fourth-order valence-electron chi connectivity index (χ4n) is 2.69. The molecule has 0 radical (unpaired) electrons. The van der Waals surface area contributed by atoms with Crippen LogP contribution >= 0.6 is 7.37 Å². The monoisotopic (exact) mass is 416 g/mol. The Morgan fingerprint density at radius 2 is 1.32 bits per heavy atom. The Labute approximate surface area is 165 Å². The largest absolute Gasteiger partial charge is 0.508 e. The highest BCUT2D eigenvalue weighted by Crippen LogP contribution is 2.50. The summed E-state index contributed by atoms with van der Waals surface area (Å²) < 4.78 is 44.7. The molecule has 3 aromatic rings. The van der Waals surface area contributed by atoms with Gasteiger partial charge in [-0.25, -0.2) is 8.42 Å². The van der Waals surface area contributed by atoms with Crippen LogP contribution < -0.4 is 9.83 Å². The smallest absolute Gasteiger partial charge is 0.279 e. The molecule has 0 saturated heterocycles.